The van der Waals surface area contributed by atoms with Gasteiger partial charge in [-0.3, -0.25) is 0 Å². The summed E-state index contributed by atoms with van der Waals surface area (Å²) in [6, 6.07) is 0. The molecule has 16 heavy (non-hydrogen) atoms. The van der Waals surface area contributed by atoms with Gasteiger partial charge in [-0.15, -0.1) is 0 Å². The SMILES string of the molecule is O.O.O.O.O.O.O.O.O.O.O.O.[H-].[H-].[H-].[H-].[Na+].[Na+].[Na+].[Na+]. The first-order chi connectivity index (χ1) is 0. The zero-order valence-electron chi connectivity index (χ0n) is 14.0. The minimum atomic E-state index is 0. The van der Waals surface area contributed by atoms with Crippen molar-refractivity contribution in [2.24, 2.45) is 0 Å². The number of rotatable bonds is 0. The monoisotopic (exact) mass is 312 g/mol. The van der Waals surface area contributed by atoms with Gasteiger partial charge < -0.3 is 71.4 Å². The van der Waals surface area contributed by atoms with E-state index < -0.39 is 0 Å². The van der Waals surface area contributed by atoms with E-state index in [4.69, 9.17) is 0 Å². The van der Waals surface area contributed by atoms with Crippen LogP contribution >= 0.6 is 0 Å². The predicted octanol–water partition coefficient (Wildman–Crippen LogP) is -21.4. The van der Waals surface area contributed by atoms with Crippen LogP contribution in [0.15, 0.2) is 0 Å². The third kappa shape index (κ3) is 386. The van der Waals surface area contributed by atoms with Crippen LogP contribution in [0, 0.1) is 0 Å². The maximum atomic E-state index is 0. The van der Waals surface area contributed by atoms with E-state index in [9.17, 15) is 0 Å². The Morgan fingerprint density at radius 2 is 0.188 bits per heavy atom. The van der Waals surface area contributed by atoms with Crippen LogP contribution in [-0.4, -0.2) is 65.7 Å². The van der Waals surface area contributed by atoms with Crippen molar-refractivity contribution >= 4 is 0 Å². The molecule has 0 atom stereocenters. The third-order valence-corrected chi connectivity index (χ3v) is 0. The van der Waals surface area contributed by atoms with E-state index in [-0.39, 0.29) is 190 Å². The zero-order chi connectivity index (χ0) is 0. The van der Waals surface area contributed by atoms with Crippen LogP contribution in [0.25, 0.3) is 0 Å². The summed E-state index contributed by atoms with van der Waals surface area (Å²) in [6.45, 7) is 0. The molecule has 0 saturated carbocycles. The second-order valence-corrected chi connectivity index (χ2v) is 0. The third-order valence-electron chi connectivity index (χ3n) is 0. The summed E-state index contributed by atoms with van der Waals surface area (Å²) in [5, 5.41) is 0. The Labute approximate surface area is 187 Å². The summed E-state index contributed by atoms with van der Waals surface area (Å²) in [5.74, 6) is 0. The average molecular weight is 312 g/mol. The molecule has 0 rings (SSSR count). The summed E-state index contributed by atoms with van der Waals surface area (Å²) in [7, 11) is 0. The minimum Gasteiger partial charge on any atom is -1.00 e. The van der Waals surface area contributed by atoms with E-state index in [0.29, 0.717) is 0 Å². The molecule has 0 unspecified atom stereocenters. The van der Waals surface area contributed by atoms with Gasteiger partial charge in [-0.05, 0) is 0 Å². The standard InChI is InChI=1S/4Na.12H2O.4H/h;;;;12*1H2;;;;/q4*+1;;;;;;;;;;;;;4*-1. The molecule has 0 aromatic rings. The van der Waals surface area contributed by atoms with Crippen LogP contribution in [0.5, 0.6) is 0 Å². The van der Waals surface area contributed by atoms with Crippen molar-refractivity contribution in [1.82, 2.24) is 0 Å². The van der Waals surface area contributed by atoms with Crippen molar-refractivity contribution in [3.05, 3.63) is 0 Å². The first kappa shape index (κ1) is 540. The van der Waals surface area contributed by atoms with Gasteiger partial charge in [0.1, 0.15) is 0 Å². The Hall–Kier alpha value is 3.52. The Kier molecular flexibility index (Phi) is 15500. The summed E-state index contributed by atoms with van der Waals surface area (Å²) in [4.78, 5) is 0. The summed E-state index contributed by atoms with van der Waals surface area (Å²) in [5.41, 5.74) is 0. The fourth-order valence-corrected chi connectivity index (χ4v) is 0. The molecular weight excluding hydrogens is 284 g/mol. The van der Waals surface area contributed by atoms with E-state index in [1.165, 1.54) is 0 Å². The molecule has 16 heteroatoms. The first-order valence-electron chi connectivity index (χ1n) is 0. The van der Waals surface area contributed by atoms with Gasteiger partial charge in [0.25, 0.3) is 0 Å². The van der Waals surface area contributed by atoms with Crippen LogP contribution in [-0.2, 0) is 0 Å². The summed E-state index contributed by atoms with van der Waals surface area (Å²) in [6.07, 6.45) is 0. The normalized spacial score (nSPS) is 0. The predicted molar refractivity (Wildman–Crippen MR) is 47.8 cm³/mol. The molecule has 104 valence electrons. The Morgan fingerprint density at radius 3 is 0.188 bits per heavy atom. The van der Waals surface area contributed by atoms with Gasteiger partial charge >= 0.3 is 118 Å². The minimum absolute atomic E-state index is 0. The summed E-state index contributed by atoms with van der Waals surface area (Å²) < 4.78 is 0. The van der Waals surface area contributed by atoms with E-state index >= 15 is 0 Å². The van der Waals surface area contributed by atoms with Gasteiger partial charge in [-0.1, -0.05) is 0 Å². The van der Waals surface area contributed by atoms with Crippen molar-refractivity contribution < 1.29 is 190 Å². The Bertz CT molecular complexity index is 27.4. The van der Waals surface area contributed by atoms with Crippen LogP contribution in [0.3, 0.4) is 0 Å². The molecule has 12 nitrogen and oxygen atoms in total. The molecule has 0 aliphatic rings. The fraction of sp³-hybridized carbons (Fsp3) is 0. The average Bonchev–Trinajstić information content (AvgIpc) is 0. The van der Waals surface area contributed by atoms with Gasteiger partial charge in [-0.2, -0.15) is 0 Å². The molecule has 0 bridgehead atoms. The maximum absolute atomic E-state index is 0. The molecule has 0 aliphatic heterocycles. The number of hydrogen-bond acceptors (Lipinski definition) is 0. The van der Waals surface area contributed by atoms with E-state index in [2.05, 4.69) is 0 Å². The van der Waals surface area contributed by atoms with Gasteiger partial charge in [0.15, 0.2) is 0 Å². The van der Waals surface area contributed by atoms with E-state index in [0.717, 1.165) is 0 Å². The van der Waals surface area contributed by atoms with Crippen LogP contribution in [0.2, 0.25) is 0 Å². The molecule has 0 amide bonds. The van der Waals surface area contributed by atoms with Gasteiger partial charge in [0.05, 0.1) is 0 Å². The second kappa shape index (κ2) is 459. The fourth-order valence-electron chi connectivity index (χ4n) is 0. The zero-order valence-corrected chi connectivity index (χ0v) is 18.0. The quantitative estimate of drug-likeness (QED) is 0.375. The molecular formula is H28Na4O12. The maximum Gasteiger partial charge on any atom is 1.00 e. The van der Waals surface area contributed by atoms with Crippen LogP contribution in [0.1, 0.15) is 5.71 Å². The molecule has 0 spiro atoms. The van der Waals surface area contributed by atoms with Crippen LogP contribution < -0.4 is 118 Å². The summed E-state index contributed by atoms with van der Waals surface area (Å²) >= 11 is 0. The molecule has 0 aromatic carbocycles. The molecule has 0 aliphatic carbocycles. The molecule has 0 radical (unpaired) electrons. The van der Waals surface area contributed by atoms with E-state index in [1.807, 2.05) is 0 Å². The van der Waals surface area contributed by atoms with Crippen molar-refractivity contribution in [3.8, 4) is 0 Å². The topological polar surface area (TPSA) is 378 Å². The smallest absolute Gasteiger partial charge is 1.00 e. The van der Waals surface area contributed by atoms with Crippen molar-refractivity contribution in [2.75, 3.05) is 0 Å². The first-order valence-corrected chi connectivity index (χ1v) is 0. The Morgan fingerprint density at radius 1 is 0.188 bits per heavy atom. The molecule has 0 aromatic heterocycles. The Balaban J connectivity index is 0. The molecule has 0 fully saturated rings. The van der Waals surface area contributed by atoms with E-state index in [1.54, 1.807) is 0 Å². The second-order valence-electron chi connectivity index (χ2n) is 0. The van der Waals surface area contributed by atoms with Crippen molar-refractivity contribution in [1.29, 1.82) is 0 Å². The van der Waals surface area contributed by atoms with Gasteiger partial charge in [0, 0.05) is 0 Å². The van der Waals surface area contributed by atoms with Crippen molar-refractivity contribution in [3.63, 3.8) is 0 Å². The van der Waals surface area contributed by atoms with Gasteiger partial charge in [-0.25, -0.2) is 0 Å². The van der Waals surface area contributed by atoms with Crippen molar-refractivity contribution in [2.45, 2.75) is 0 Å². The largest absolute Gasteiger partial charge is 1.00 e. The molecule has 0 saturated heterocycles. The molecule has 24 N–H and O–H groups in total. The molecule has 0 heterocycles. The van der Waals surface area contributed by atoms with Crippen LogP contribution in [0.4, 0.5) is 0 Å². The number of hydrogen-bond donors (Lipinski definition) is 0. The van der Waals surface area contributed by atoms with Gasteiger partial charge in [0.2, 0.25) is 0 Å².